The highest BCUT2D eigenvalue weighted by molar-refractivity contribution is 9.10. The van der Waals surface area contributed by atoms with E-state index in [4.69, 9.17) is 20.6 Å². The van der Waals surface area contributed by atoms with Crippen molar-refractivity contribution in [2.75, 3.05) is 19.0 Å². The van der Waals surface area contributed by atoms with E-state index in [2.05, 4.69) is 26.0 Å². The molecular weight excluding hydrogens is 580 g/mol. The van der Waals surface area contributed by atoms with Crippen LogP contribution < -0.4 is 25.2 Å². The van der Waals surface area contributed by atoms with Crippen LogP contribution in [-0.4, -0.2) is 27.9 Å². The summed E-state index contributed by atoms with van der Waals surface area (Å²) in [6.07, 6.45) is 0. The number of methoxy groups -OCH3 is 1. The quantitative estimate of drug-likeness (QED) is 0.125. The Kier molecular flexibility index (Phi) is 9.23. The Labute approximate surface area is 236 Å². The molecule has 0 aliphatic heterocycles. The van der Waals surface area contributed by atoms with Gasteiger partial charge in [-0.15, -0.1) is 0 Å². The topological polar surface area (TPSA) is 127 Å². The molecule has 4 rings (SSSR count). The number of sulfonamides is 1. The fraction of sp³-hybridized carbons (Fsp3) is 0.138. The number of halogens is 1. The van der Waals surface area contributed by atoms with Crippen LogP contribution in [0.1, 0.15) is 22.7 Å². The summed E-state index contributed by atoms with van der Waals surface area (Å²) < 4.78 is 41.1. The van der Waals surface area contributed by atoms with Gasteiger partial charge in [0.25, 0.3) is 0 Å². The van der Waals surface area contributed by atoms with Crippen LogP contribution in [0.15, 0.2) is 106 Å². The number of nitrogens with one attached hydrogen (secondary N) is 3. The highest BCUT2D eigenvalue weighted by atomic mass is 79.9. The monoisotopic (exact) mass is 608 g/mol. The van der Waals surface area contributed by atoms with Gasteiger partial charge in [-0.2, -0.15) is 0 Å². The lowest BCUT2D eigenvalue weighted by atomic mass is 10.1. The number of hydrogen-bond acceptors (Lipinski definition) is 6. The molecule has 0 bridgehead atoms. The number of hydrogen-bond donors (Lipinski definition) is 4. The lowest BCUT2D eigenvalue weighted by molar-refractivity contribution is 0.284. The van der Waals surface area contributed by atoms with Gasteiger partial charge in [0.1, 0.15) is 12.4 Å². The maximum atomic E-state index is 13.0. The third-order valence-corrected chi connectivity index (χ3v) is 7.93. The molecule has 5 N–H and O–H groups in total. The molecule has 0 aliphatic carbocycles. The minimum atomic E-state index is -3.76. The molecular formula is C29H29BrN4O4S. The number of amidine groups is 1. The van der Waals surface area contributed by atoms with Crippen LogP contribution in [0, 0.1) is 5.41 Å². The van der Waals surface area contributed by atoms with Crippen molar-refractivity contribution in [3.63, 3.8) is 0 Å². The van der Waals surface area contributed by atoms with E-state index in [0.29, 0.717) is 23.7 Å². The van der Waals surface area contributed by atoms with Gasteiger partial charge in [0, 0.05) is 22.3 Å². The first kappa shape index (κ1) is 28.2. The zero-order valence-electron chi connectivity index (χ0n) is 21.2. The zero-order chi connectivity index (χ0) is 27.8. The van der Waals surface area contributed by atoms with Crippen molar-refractivity contribution in [1.82, 2.24) is 4.72 Å². The second kappa shape index (κ2) is 12.8. The van der Waals surface area contributed by atoms with Crippen LogP contribution in [0.5, 0.6) is 11.5 Å². The number of nitrogen functional groups attached to an aromatic ring is 1. The summed E-state index contributed by atoms with van der Waals surface area (Å²) in [5.41, 5.74) is 8.72. The van der Waals surface area contributed by atoms with Gasteiger partial charge in [-0.1, -0.05) is 52.3 Å². The van der Waals surface area contributed by atoms with Gasteiger partial charge in [0.15, 0.2) is 11.5 Å². The molecule has 1 atom stereocenters. The molecule has 0 heterocycles. The number of rotatable bonds is 12. The molecule has 0 fully saturated rings. The van der Waals surface area contributed by atoms with E-state index in [9.17, 15) is 8.42 Å². The summed E-state index contributed by atoms with van der Waals surface area (Å²) in [7, 11) is -2.20. The zero-order valence-corrected chi connectivity index (χ0v) is 23.6. The number of benzene rings is 4. The number of anilines is 1. The normalized spacial score (nSPS) is 11.9. The standard InChI is InChI=1S/C29H29BrN4O4S/c1-37-28-17-22(9-16-27(28)38-19-20-5-3-2-4-6-20)26(34-24-12-7-21(8-13-24)29(31)32)18-33-39(35,36)25-14-10-23(30)11-15-25/h2-17,26,33-34H,18-19H2,1H3,(H3,31,32). The molecule has 0 spiro atoms. The fourth-order valence-corrected chi connectivity index (χ4v) is 5.16. The SMILES string of the molecule is COc1cc(C(CNS(=O)(=O)c2ccc(Br)cc2)Nc2ccc(C(=N)N)cc2)ccc1OCc1ccccc1. The first-order chi connectivity index (χ1) is 18.7. The van der Waals surface area contributed by atoms with Crippen LogP contribution in [0.3, 0.4) is 0 Å². The average Bonchev–Trinajstić information content (AvgIpc) is 2.95. The van der Waals surface area contributed by atoms with Crippen molar-refractivity contribution in [2.24, 2.45) is 5.73 Å². The minimum absolute atomic E-state index is 0.0313. The largest absolute Gasteiger partial charge is 0.493 e. The van der Waals surface area contributed by atoms with Gasteiger partial charge in [-0.05, 0) is 71.8 Å². The maximum Gasteiger partial charge on any atom is 0.240 e. The first-order valence-electron chi connectivity index (χ1n) is 12.1. The summed E-state index contributed by atoms with van der Waals surface area (Å²) in [4.78, 5) is 0.164. The molecule has 8 nitrogen and oxygen atoms in total. The third kappa shape index (κ3) is 7.60. The van der Waals surface area contributed by atoms with Gasteiger partial charge < -0.3 is 20.5 Å². The summed E-state index contributed by atoms with van der Waals surface area (Å²) in [5, 5.41) is 11.0. The Morgan fingerprint density at radius 2 is 1.64 bits per heavy atom. The Hall–Kier alpha value is -3.86. The lowest BCUT2D eigenvalue weighted by Gasteiger charge is -2.22. The molecule has 1 unspecified atom stereocenters. The molecule has 4 aromatic carbocycles. The third-order valence-electron chi connectivity index (χ3n) is 5.97. The Morgan fingerprint density at radius 3 is 2.28 bits per heavy atom. The highest BCUT2D eigenvalue weighted by Crippen LogP contribution is 2.32. The van der Waals surface area contributed by atoms with E-state index in [1.165, 1.54) is 12.1 Å². The smallest absolute Gasteiger partial charge is 0.240 e. The van der Waals surface area contributed by atoms with Crippen molar-refractivity contribution in [1.29, 1.82) is 5.41 Å². The fourth-order valence-electron chi connectivity index (χ4n) is 3.85. The molecule has 0 aromatic heterocycles. The van der Waals surface area contributed by atoms with Crippen LogP contribution in [0.4, 0.5) is 5.69 Å². The molecule has 0 saturated heterocycles. The van der Waals surface area contributed by atoms with Gasteiger partial charge in [0.2, 0.25) is 10.0 Å². The number of nitrogens with two attached hydrogens (primary N) is 1. The van der Waals surface area contributed by atoms with Gasteiger partial charge in [-0.3, -0.25) is 5.41 Å². The van der Waals surface area contributed by atoms with Gasteiger partial charge >= 0.3 is 0 Å². The molecule has 0 saturated carbocycles. The average molecular weight is 610 g/mol. The van der Waals surface area contributed by atoms with E-state index in [0.717, 1.165) is 21.3 Å². The molecule has 0 aliphatic rings. The minimum Gasteiger partial charge on any atom is -0.493 e. The van der Waals surface area contributed by atoms with Crippen molar-refractivity contribution in [3.8, 4) is 11.5 Å². The molecule has 4 aromatic rings. The second-order valence-corrected chi connectivity index (χ2v) is 11.4. The van der Waals surface area contributed by atoms with Crippen LogP contribution >= 0.6 is 15.9 Å². The Balaban J connectivity index is 1.58. The van der Waals surface area contributed by atoms with Gasteiger partial charge in [-0.25, -0.2) is 13.1 Å². The molecule has 202 valence electrons. The predicted molar refractivity (Wildman–Crippen MR) is 157 cm³/mol. The Morgan fingerprint density at radius 1 is 0.949 bits per heavy atom. The Bertz CT molecular complexity index is 1510. The van der Waals surface area contributed by atoms with Crippen molar-refractivity contribution >= 4 is 37.5 Å². The van der Waals surface area contributed by atoms with E-state index >= 15 is 0 Å². The van der Waals surface area contributed by atoms with E-state index in [-0.39, 0.29) is 17.3 Å². The van der Waals surface area contributed by atoms with Crippen LogP contribution in [-0.2, 0) is 16.6 Å². The van der Waals surface area contributed by atoms with Crippen molar-refractivity contribution in [2.45, 2.75) is 17.5 Å². The number of ether oxygens (including phenoxy) is 2. The second-order valence-electron chi connectivity index (χ2n) is 8.68. The summed E-state index contributed by atoms with van der Waals surface area (Å²) >= 11 is 3.33. The summed E-state index contributed by atoms with van der Waals surface area (Å²) in [6, 6.07) is 28.4. The first-order valence-corrected chi connectivity index (χ1v) is 14.3. The summed E-state index contributed by atoms with van der Waals surface area (Å²) in [6.45, 7) is 0.438. The summed E-state index contributed by atoms with van der Waals surface area (Å²) in [5.74, 6) is 1.07. The predicted octanol–water partition coefficient (Wildman–Crippen LogP) is 5.45. The van der Waals surface area contributed by atoms with E-state index in [1.807, 2.05) is 48.5 Å². The molecule has 39 heavy (non-hydrogen) atoms. The van der Waals surface area contributed by atoms with Crippen LogP contribution in [0.25, 0.3) is 0 Å². The molecule has 10 heteroatoms. The molecule has 0 amide bonds. The highest BCUT2D eigenvalue weighted by Gasteiger charge is 2.20. The lowest BCUT2D eigenvalue weighted by Crippen LogP contribution is -2.31. The van der Waals surface area contributed by atoms with Crippen molar-refractivity contribution < 1.29 is 17.9 Å². The molecule has 0 radical (unpaired) electrons. The van der Waals surface area contributed by atoms with E-state index < -0.39 is 16.1 Å². The van der Waals surface area contributed by atoms with Crippen molar-refractivity contribution in [3.05, 3.63) is 118 Å². The maximum absolute atomic E-state index is 13.0. The van der Waals surface area contributed by atoms with E-state index in [1.54, 1.807) is 43.5 Å². The van der Waals surface area contributed by atoms with Gasteiger partial charge in [0.05, 0.1) is 18.0 Å². The van der Waals surface area contributed by atoms with Crippen LogP contribution in [0.2, 0.25) is 0 Å².